The minimum absolute atomic E-state index is 0.0156. The maximum absolute atomic E-state index is 12.6. The van der Waals surface area contributed by atoms with Crippen LogP contribution >= 0.6 is 11.8 Å². The van der Waals surface area contributed by atoms with E-state index in [0.29, 0.717) is 24.6 Å². The summed E-state index contributed by atoms with van der Waals surface area (Å²) >= 11 is 1.78. The number of aromatic nitrogens is 5. The molecule has 4 rings (SSSR count). The first-order chi connectivity index (χ1) is 14.2. The van der Waals surface area contributed by atoms with E-state index in [-0.39, 0.29) is 11.3 Å². The first-order valence-corrected chi connectivity index (χ1v) is 10.8. The number of hydrogen-bond acceptors (Lipinski definition) is 7. The van der Waals surface area contributed by atoms with Gasteiger partial charge in [-0.05, 0) is 20.8 Å². The summed E-state index contributed by atoms with van der Waals surface area (Å²) in [5.41, 5.74) is 2.85. The molecule has 4 heterocycles. The molecule has 0 aromatic carbocycles. The van der Waals surface area contributed by atoms with Gasteiger partial charge < -0.3 is 14.4 Å². The molecule has 0 aliphatic carbocycles. The number of carbonyl (C=O) groups is 1. The third kappa shape index (κ3) is 4.09. The minimum Gasteiger partial charge on any atom is -0.481 e. The van der Waals surface area contributed by atoms with Gasteiger partial charge in [-0.15, -0.1) is 11.8 Å². The predicted molar refractivity (Wildman–Crippen MR) is 115 cm³/mol. The quantitative estimate of drug-likeness (QED) is 0.631. The summed E-state index contributed by atoms with van der Waals surface area (Å²) in [6.07, 6.45) is 5.20. The predicted octanol–water partition coefficient (Wildman–Crippen LogP) is 3.16. The first-order valence-electron chi connectivity index (χ1n) is 9.76. The van der Waals surface area contributed by atoms with Crippen LogP contribution in [0.5, 0.6) is 5.88 Å². The molecule has 1 unspecified atom stereocenters. The molecule has 10 heteroatoms. The summed E-state index contributed by atoms with van der Waals surface area (Å²) in [5, 5.41) is 8.71. The number of hydrogen-bond donors (Lipinski definition) is 0. The van der Waals surface area contributed by atoms with Crippen molar-refractivity contribution in [2.45, 2.75) is 31.6 Å². The summed E-state index contributed by atoms with van der Waals surface area (Å²) in [5.74, 6) is 1.41. The summed E-state index contributed by atoms with van der Waals surface area (Å²) in [6, 6.07) is 1.89. The van der Waals surface area contributed by atoms with Gasteiger partial charge in [-0.1, -0.05) is 0 Å². The van der Waals surface area contributed by atoms with Gasteiger partial charge in [0.15, 0.2) is 5.65 Å². The number of aryl methyl sites for hydroxylation is 1. The molecule has 3 aromatic rings. The van der Waals surface area contributed by atoms with Gasteiger partial charge in [-0.3, -0.25) is 4.68 Å². The van der Waals surface area contributed by atoms with Crippen LogP contribution in [-0.4, -0.2) is 66.9 Å². The van der Waals surface area contributed by atoms with Crippen molar-refractivity contribution >= 4 is 23.5 Å². The van der Waals surface area contributed by atoms with Gasteiger partial charge in [0.1, 0.15) is 5.60 Å². The monoisotopic (exact) mass is 430 g/mol. The van der Waals surface area contributed by atoms with E-state index in [0.717, 1.165) is 22.6 Å². The largest absolute Gasteiger partial charge is 0.481 e. The van der Waals surface area contributed by atoms with Crippen molar-refractivity contribution in [1.29, 1.82) is 0 Å². The van der Waals surface area contributed by atoms with Crippen molar-refractivity contribution in [2.75, 3.05) is 26.0 Å². The zero-order valence-electron chi connectivity index (χ0n) is 17.8. The molecule has 1 aliphatic heterocycles. The van der Waals surface area contributed by atoms with E-state index in [1.165, 1.54) is 0 Å². The Morgan fingerprint density at radius 2 is 2.07 bits per heavy atom. The molecule has 0 saturated carbocycles. The van der Waals surface area contributed by atoms with Gasteiger partial charge in [0.25, 0.3) is 0 Å². The summed E-state index contributed by atoms with van der Waals surface area (Å²) < 4.78 is 14.6. The molecule has 0 bridgehead atoms. The maximum atomic E-state index is 12.6. The van der Waals surface area contributed by atoms with E-state index >= 15 is 0 Å². The normalized spacial score (nSPS) is 17.4. The van der Waals surface area contributed by atoms with Crippen LogP contribution in [0.25, 0.3) is 16.8 Å². The molecule has 1 aliphatic rings. The Bertz CT molecular complexity index is 1070. The van der Waals surface area contributed by atoms with Crippen LogP contribution in [0.3, 0.4) is 0 Å². The second-order valence-electron chi connectivity index (χ2n) is 8.21. The molecule has 3 aromatic heterocycles. The third-order valence-electron chi connectivity index (χ3n) is 4.73. The van der Waals surface area contributed by atoms with E-state index in [1.807, 2.05) is 40.1 Å². The fraction of sp³-hybridized carbons (Fsp3) is 0.500. The van der Waals surface area contributed by atoms with E-state index in [1.54, 1.807) is 45.4 Å². The smallest absolute Gasteiger partial charge is 0.410 e. The van der Waals surface area contributed by atoms with Gasteiger partial charge in [0, 0.05) is 49.3 Å². The Hall–Kier alpha value is -2.75. The molecule has 0 spiro atoms. The number of carbonyl (C=O) groups excluding carboxylic acids is 1. The van der Waals surface area contributed by atoms with E-state index < -0.39 is 5.60 Å². The van der Waals surface area contributed by atoms with E-state index in [9.17, 15) is 4.79 Å². The van der Waals surface area contributed by atoms with Gasteiger partial charge >= 0.3 is 6.09 Å². The molecule has 0 N–H and O–H groups in total. The lowest BCUT2D eigenvalue weighted by Gasteiger charge is -2.33. The molecule has 9 nitrogen and oxygen atoms in total. The van der Waals surface area contributed by atoms with Crippen molar-refractivity contribution in [3.8, 4) is 17.0 Å². The second kappa shape index (κ2) is 7.82. The zero-order valence-corrected chi connectivity index (χ0v) is 18.6. The summed E-state index contributed by atoms with van der Waals surface area (Å²) in [4.78, 5) is 19.2. The second-order valence-corrected chi connectivity index (χ2v) is 9.52. The number of nitrogens with zero attached hydrogens (tertiary/aromatic N) is 6. The van der Waals surface area contributed by atoms with Crippen LogP contribution in [0.1, 0.15) is 31.7 Å². The van der Waals surface area contributed by atoms with Crippen LogP contribution in [0.4, 0.5) is 4.79 Å². The molecule has 1 amide bonds. The third-order valence-corrected chi connectivity index (χ3v) is 5.94. The molecule has 1 atom stereocenters. The summed E-state index contributed by atoms with van der Waals surface area (Å²) in [7, 11) is 3.49. The molecule has 160 valence electrons. The number of fused-ring (bicyclic) bond motifs is 1. The Balaban J connectivity index is 1.67. The van der Waals surface area contributed by atoms with Crippen molar-refractivity contribution < 1.29 is 14.3 Å². The molecule has 1 fully saturated rings. The number of amides is 1. The highest BCUT2D eigenvalue weighted by Crippen LogP contribution is 2.36. The van der Waals surface area contributed by atoms with Crippen molar-refractivity contribution in [1.82, 2.24) is 29.3 Å². The van der Waals surface area contributed by atoms with Crippen molar-refractivity contribution in [2.24, 2.45) is 7.05 Å². The van der Waals surface area contributed by atoms with Gasteiger partial charge in [-0.2, -0.15) is 14.7 Å². The molecule has 30 heavy (non-hydrogen) atoms. The van der Waals surface area contributed by atoms with Crippen LogP contribution in [0, 0.1) is 0 Å². The van der Waals surface area contributed by atoms with Gasteiger partial charge in [0.05, 0.1) is 30.4 Å². The summed E-state index contributed by atoms with van der Waals surface area (Å²) in [6.45, 7) is 6.81. The van der Waals surface area contributed by atoms with E-state index in [2.05, 4.69) is 10.2 Å². The molecule has 0 radical (unpaired) electrons. The Morgan fingerprint density at radius 3 is 2.73 bits per heavy atom. The fourth-order valence-corrected chi connectivity index (χ4v) is 4.54. The van der Waals surface area contributed by atoms with Crippen molar-refractivity contribution in [3.05, 3.63) is 30.4 Å². The average Bonchev–Trinajstić information content (AvgIpc) is 3.31. The molecular weight excluding hydrogens is 404 g/mol. The Labute approximate surface area is 179 Å². The van der Waals surface area contributed by atoms with Crippen LogP contribution in [0.2, 0.25) is 0 Å². The van der Waals surface area contributed by atoms with Crippen LogP contribution in [0.15, 0.2) is 24.7 Å². The lowest BCUT2D eigenvalue weighted by Crippen LogP contribution is -2.42. The molecule has 1 saturated heterocycles. The average molecular weight is 431 g/mol. The number of ether oxygens (including phenoxy) is 2. The fourth-order valence-electron chi connectivity index (χ4n) is 3.35. The highest BCUT2D eigenvalue weighted by Gasteiger charge is 2.30. The topological polar surface area (TPSA) is 86.8 Å². The lowest BCUT2D eigenvalue weighted by molar-refractivity contribution is 0.0256. The number of thioether (sulfide) groups is 1. The lowest BCUT2D eigenvalue weighted by atomic mass is 10.2. The van der Waals surface area contributed by atoms with Crippen LogP contribution < -0.4 is 4.74 Å². The number of methoxy groups -OCH3 is 1. The highest BCUT2D eigenvalue weighted by molar-refractivity contribution is 7.99. The Kier molecular flexibility index (Phi) is 5.35. The SMILES string of the molecule is COc1cc(C2CN(C(=O)OC(C)(C)C)CCS2)nc2c(-c3cnn(C)c3)cnn12. The molecular formula is C20H26N6O3S. The zero-order chi connectivity index (χ0) is 21.5. The van der Waals surface area contributed by atoms with Crippen LogP contribution in [-0.2, 0) is 11.8 Å². The minimum atomic E-state index is -0.520. The maximum Gasteiger partial charge on any atom is 0.410 e. The van der Waals surface area contributed by atoms with Gasteiger partial charge in [0.2, 0.25) is 5.88 Å². The van der Waals surface area contributed by atoms with E-state index in [4.69, 9.17) is 14.5 Å². The van der Waals surface area contributed by atoms with Crippen molar-refractivity contribution in [3.63, 3.8) is 0 Å². The standard InChI is InChI=1S/C20H26N6O3S/c1-20(2,3)29-19(27)25-6-7-30-16(12-25)15-8-17(28-5)26-18(23-15)14(10-22-26)13-9-21-24(4)11-13/h8-11,16H,6-7,12H2,1-5H3. The van der Waals surface area contributed by atoms with Gasteiger partial charge in [-0.25, -0.2) is 9.78 Å². The Morgan fingerprint density at radius 1 is 1.27 bits per heavy atom. The first kappa shape index (κ1) is 20.5. The number of rotatable bonds is 3. The highest BCUT2D eigenvalue weighted by atomic mass is 32.2.